The van der Waals surface area contributed by atoms with E-state index in [1.54, 1.807) is 35.4 Å². The fourth-order valence-corrected chi connectivity index (χ4v) is 3.42. The molecule has 2 aliphatic heterocycles. The van der Waals surface area contributed by atoms with Gasteiger partial charge in [-0.25, -0.2) is 8.42 Å². The van der Waals surface area contributed by atoms with Gasteiger partial charge in [0.2, 0.25) is 5.91 Å². The van der Waals surface area contributed by atoms with Gasteiger partial charge in [-0.05, 0) is 29.8 Å². The van der Waals surface area contributed by atoms with E-state index in [9.17, 15) is 18.0 Å². The van der Waals surface area contributed by atoms with Crippen LogP contribution in [0.25, 0.3) is 0 Å². The first kappa shape index (κ1) is 16.9. The van der Waals surface area contributed by atoms with Crippen molar-refractivity contribution in [3.05, 3.63) is 59.3 Å². The molecule has 0 fully saturated rings. The van der Waals surface area contributed by atoms with E-state index in [4.69, 9.17) is 5.73 Å². The van der Waals surface area contributed by atoms with Gasteiger partial charge in [0, 0.05) is 24.9 Å². The average molecular weight is 360 g/mol. The van der Waals surface area contributed by atoms with Crippen LogP contribution in [0, 0.1) is 0 Å². The molecule has 25 heavy (non-hydrogen) atoms. The molecule has 0 unspecified atom stereocenters. The van der Waals surface area contributed by atoms with Crippen molar-refractivity contribution in [2.75, 3.05) is 12.3 Å². The van der Waals surface area contributed by atoms with Crippen LogP contribution in [0.1, 0.15) is 15.9 Å². The van der Waals surface area contributed by atoms with E-state index in [1.807, 2.05) is 0 Å². The van der Waals surface area contributed by atoms with Gasteiger partial charge < -0.3 is 16.0 Å². The molecule has 0 atom stereocenters. The van der Waals surface area contributed by atoms with Crippen LogP contribution in [0.15, 0.2) is 52.6 Å². The minimum Gasteiger partial charge on any atom is -0.366 e. The highest BCUT2D eigenvalue weighted by Gasteiger charge is 2.24. The Hall–Kier alpha value is -2.94. The summed E-state index contributed by atoms with van der Waals surface area (Å²) in [6, 6.07) is 6.69. The standard InChI is InChI=1S/C16H16N4O4S/c17-15(21)12-3-1-2-11(8-12)9-18-16(22)13-4-5-14-19-25(23,24)7-6-20(14)10-13/h1-5,8,10H,6-7,9H2,(H2,17,21)(H,18,22). The van der Waals surface area contributed by atoms with Crippen LogP contribution in [-0.4, -0.2) is 43.3 Å². The zero-order chi connectivity index (χ0) is 18.0. The molecule has 9 heteroatoms. The van der Waals surface area contributed by atoms with Gasteiger partial charge in [0.25, 0.3) is 15.9 Å². The summed E-state index contributed by atoms with van der Waals surface area (Å²) in [5.74, 6) is -0.626. The number of amidine groups is 1. The first-order chi connectivity index (χ1) is 11.8. The second-order valence-electron chi connectivity index (χ2n) is 5.59. The van der Waals surface area contributed by atoms with Crippen molar-refractivity contribution in [3.8, 4) is 0 Å². The number of fused-ring (bicyclic) bond motifs is 1. The molecule has 130 valence electrons. The summed E-state index contributed by atoms with van der Waals surface area (Å²) in [7, 11) is -3.42. The molecule has 0 bridgehead atoms. The van der Waals surface area contributed by atoms with E-state index in [0.29, 0.717) is 17.0 Å². The molecule has 2 aliphatic rings. The highest BCUT2D eigenvalue weighted by molar-refractivity contribution is 7.90. The number of hydrogen-bond acceptors (Lipinski definition) is 5. The van der Waals surface area contributed by atoms with Gasteiger partial charge in [-0.2, -0.15) is 0 Å². The van der Waals surface area contributed by atoms with E-state index in [1.165, 1.54) is 12.2 Å². The first-order valence-electron chi connectivity index (χ1n) is 7.50. The molecule has 2 heterocycles. The molecule has 1 aromatic rings. The molecule has 3 N–H and O–H groups in total. The third-order valence-electron chi connectivity index (χ3n) is 3.75. The van der Waals surface area contributed by atoms with Crippen LogP contribution >= 0.6 is 0 Å². The number of amides is 2. The highest BCUT2D eigenvalue weighted by Crippen LogP contribution is 2.16. The SMILES string of the molecule is NC(=O)c1cccc(CNC(=O)C2=CN3CCS(=O)(=O)N=C3C=C2)c1. The summed E-state index contributed by atoms with van der Waals surface area (Å²) in [4.78, 5) is 25.1. The van der Waals surface area contributed by atoms with Crippen molar-refractivity contribution in [1.82, 2.24) is 10.2 Å². The van der Waals surface area contributed by atoms with Crippen molar-refractivity contribution in [3.63, 3.8) is 0 Å². The Labute approximate surface area is 144 Å². The molecule has 0 spiro atoms. The second kappa shape index (κ2) is 6.52. The van der Waals surface area contributed by atoms with Crippen molar-refractivity contribution in [2.24, 2.45) is 10.1 Å². The number of benzene rings is 1. The van der Waals surface area contributed by atoms with Crippen molar-refractivity contribution >= 4 is 27.7 Å². The Morgan fingerprint density at radius 3 is 2.84 bits per heavy atom. The largest absolute Gasteiger partial charge is 0.366 e. The molecule has 8 nitrogen and oxygen atoms in total. The monoisotopic (exact) mass is 360 g/mol. The first-order valence-corrected chi connectivity index (χ1v) is 9.11. The number of primary amides is 1. The molecule has 0 aliphatic carbocycles. The Balaban J connectivity index is 1.67. The number of hydrogen-bond donors (Lipinski definition) is 2. The molecule has 0 aromatic heterocycles. The number of nitrogens with zero attached hydrogens (tertiary/aromatic N) is 2. The Morgan fingerprint density at radius 2 is 2.08 bits per heavy atom. The number of carbonyl (C=O) groups is 2. The van der Waals surface area contributed by atoms with E-state index >= 15 is 0 Å². The van der Waals surface area contributed by atoms with Gasteiger partial charge in [0.1, 0.15) is 5.84 Å². The molecule has 2 amide bonds. The summed E-state index contributed by atoms with van der Waals surface area (Å²) >= 11 is 0. The molecule has 0 saturated heterocycles. The van der Waals surface area contributed by atoms with Gasteiger partial charge in [0.15, 0.2) is 0 Å². The van der Waals surface area contributed by atoms with Crippen LogP contribution in [-0.2, 0) is 21.4 Å². The minimum atomic E-state index is -3.42. The molecule has 0 saturated carbocycles. The summed E-state index contributed by atoms with van der Waals surface area (Å²) in [6.07, 6.45) is 4.59. The fourth-order valence-electron chi connectivity index (χ4n) is 2.45. The highest BCUT2D eigenvalue weighted by atomic mass is 32.2. The smallest absolute Gasteiger partial charge is 0.256 e. The van der Waals surface area contributed by atoms with Crippen molar-refractivity contribution in [1.29, 1.82) is 0 Å². The molecular weight excluding hydrogens is 344 g/mol. The molecule has 0 radical (unpaired) electrons. The average Bonchev–Trinajstić information content (AvgIpc) is 2.58. The summed E-state index contributed by atoms with van der Waals surface area (Å²) in [5.41, 5.74) is 6.75. The third-order valence-corrected chi connectivity index (χ3v) is 4.91. The lowest BCUT2D eigenvalue weighted by molar-refractivity contribution is -0.117. The van der Waals surface area contributed by atoms with Gasteiger partial charge in [0.05, 0.1) is 11.3 Å². The maximum Gasteiger partial charge on any atom is 0.256 e. The van der Waals surface area contributed by atoms with Crippen LogP contribution in [0.5, 0.6) is 0 Å². The van der Waals surface area contributed by atoms with E-state index in [2.05, 4.69) is 9.71 Å². The number of sulfonamides is 1. The number of nitrogens with two attached hydrogens (primary N) is 1. The van der Waals surface area contributed by atoms with Gasteiger partial charge in [-0.1, -0.05) is 12.1 Å². The van der Waals surface area contributed by atoms with Crippen LogP contribution in [0.4, 0.5) is 0 Å². The summed E-state index contributed by atoms with van der Waals surface area (Å²) in [5, 5.41) is 2.75. The Morgan fingerprint density at radius 1 is 1.28 bits per heavy atom. The Kier molecular flexibility index (Phi) is 4.41. The predicted molar refractivity (Wildman–Crippen MR) is 92.0 cm³/mol. The second-order valence-corrected chi connectivity index (χ2v) is 7.35. The zero-order valence-corrected chi connectivity index (χ0v) is 14.0. The quantitative estimate of drug-likeness (QED) is 0.776. The van der Waals surface area contributed by atoms with Crippen LogP contribution in [0.2, 0.25) is 0 Å². The Bertz CT molecular complexity index is 931. The third kappa shape index (κ3) is 3.94. The van der Waals surface area contributed by atoms with Crippen molar-refractivity contribution in [2.45, 2.75) is 6.54 Å². The molecule has 1 aromatic carbocycles. The van der Waals surface area contributed by atoms with Crippen molar-refractivity contribution < 1.29 is 18.0 Å². The molecule has 3 rings (SSSR count). The lowest BCUT2D eigenvalue weighted by Crippen LogP contribution is -2.38. The van der Waals surface area contributed by atoms with Gasteiger partial charge in [-0.3, -0.25) is 9.59 Å². The maximum absolute atomic E-state index is 12.3. The number of carbonyl (C=O) groups excluding carboxylic acids is 2. The van der Waals surface area contributed by atoms with E-state index in [0.717, 1.165) is 5.56 Å². The molecular formula is C16H16N4O4S. The van der Waals surface area contributed by atoms with E-state index in [-0.39, 0.29) is 24.7 Å². The number of rotatable bonds is 4. The van der Waals surface area contributed by atoms with Gasteiger partial charge >= 0.3 is 0 Å². The van der Waals surface area contributed by atoms with Crippen LogP contribution < -0.4 is 11.1 Å². The fraction of sp³-hybridized carbons (Fsp3) is 0.188. The lowest BCUT2D eigenvalue weighted by atomic mass is 10.1. The summed E-state index contributed by atoms with van der Waals surface area (Å²) in [6.45, 7) is 0.489. The summed E-state index contributed by atoms with van der Waals surface area (Å²) < 4.78 is 26.6. The maximum atomic E-state index is 12.3. The normalized spacial score (nSPS) is 18.0. The topological polar surface area (TPSA) is 122 Å². The zero-order valence-electron chi connectivity index (χ0n) is 13.2. The predicted octanol–water partition coefficient (Wildman–Crippen LogP) is -0.101. The van der Waals surface area contributed by atoms with E-state index < -0.39 is 15.9 Å². The lowest BCUT2D eigenvalue weighted by Gasteiger charge is -2.26. The minimum absolute atomic E-state index is 0.0877. The number of nitrogens with one attached hydrogen (secondary N) is 1. The van der Waals surface area contributed by atoms with Gasteiger partial charge in [-0.15, -0.1) is 4.40 Å². The van der Waals surface area contributed by atoms with Crippen LogP contribution in [0.3, 0.4) is 0 Å².